The molecular formula is C15H10N2O3. The van der Waals surface area contributed by atoms with Crippen LogP contribution in [0.3, 0.4) is 0 Å². The topological polar surface area (TPSA) is 79.2 Å². The minimum atomic E-state index is -1.08. The van der Waals surface area contributed by atoms with Gasteiger partial charge in [-0.1, -0.05) is 6.07 Å². The number of carboxylic acids is 1. The van der Waals surface area contributed by atoms with E-state index in [0.29, 0.717) is 17.9 Å². The van der Waals surface area contributed by atoms with Crippen molar-refractivity contribution in [2.45, 2.75) is 6.54 Å². The molecule has 1 N–H and O–H groups in total. The Morgan fingerprint density at radius 1 is 1.30 bits per heavy atom. The van der Waals surface area contributed by atoms with Crippen molar-refractivity contribution in [3.05, 3.63) is 59.7 Å². The van der Waals surface area contributed by atoms with Gasteiger partial charge in [0.15, 0.2) is 0 Å². The summed E-state index contributed by atoms with van der Waals surface area (Å²) in [7, 11) is 0. The van der Waals surface area contributed by atoms with Crippen molar-refractivity contribution >= 4 is 16.9 Å². The highest BCUT2D eigenvalue weighted by Gasteiger charge is 2.10. The number of benzene rings is 1. The van der Waals surface area contributed by atoms with Crippen molar-refractivity contribution < 1.29 is 14.3 Å². The highest BCUT2D eigenvalue weighted by Crippen LogP contribution is 2.19. The molecule has 2 heterocycles. The summed E-state index contributed by atoms with van der Waals surface area (Å²) in [5.41, 5.74) is 1.50. The third-order valence-corrected chi connectivity index (χ3v) is 3.10. The fourth-order valence-corrected chi connectivity index (χ4v) is 2.14. The molecule has 0 aliphatic heterocycles. The maximum absolute atomic E-state index is 10.8. The van der Waals surface area contributed by atoms with Gasteiger partial charge in [0.25, 0.3) is 0 Å². The van der Waals surface area contributed by atoms with Gasteiger partial charge in [-0.05, 0) is 35.7 Å². The summed E-state index contributed by atoms with van der Waals surface area (Å²) in [6, 6.07) is 12.6. The van der Waals surface area contributed by atoms with Gasteiger partial charge in [0.2, 0.25) is 5.76 Å². The summed E-state index contributed by atoms with van der Waals surface area (Å²) in [6.45, 7) is 0.422. The molecule has 3 rings (SSSR count). The zero-order valence-corrected chi connectivity index (χ0v) is 10.4. The molecule has 5 heteroatoms. The number of furan rings is 1. The first-order valence-electron chi connectivity index (χ1n) is 5.98. The van der Waals surface area contributed by atoms with Crippen molar-refractivity contribution in [2.24, 2.45) is 0 Å². The predicted octanol–water partition coefficient (Wildman–Crippen LogP) is 2.85. The lowest BCUT2D eigenvalue weighted by Gasteiger charge is -2.03. The van der Waals surface area contributed by atoms with Crippen molar-refractivity contribution in [1.82, 2.24) is 4.57 Å². The highest BCUT2D eigenvalue weighted by molar-refractivity contribution is 5.84. The van der Waals surface area contributed by atoms with Gasteiger partial charge in [-0.25, -0.2) is 4.79 Å². The van der Waals surface area contributed by atoms with Crippen LogP contribution in [-0.2, 0) is 6.54 Å². The number of nitrogens with zero attached hydrogens (tertiary/aromatic N) is 2. The number of fused-ring (bicyclic) bond motifs is 1. The lowest BCUT2D eigenvalue weighted by atomic mass is 10.2. The van der Waals surface area contributed by atoms with Gasteiger partial charge in [-0.3, -0.25) is 0 Å². The number of carbonyl (C=O) groups is 1. The van der Waals surface area contributed by atoms with Gasteiger partial charge < -0.3 is 14.1 Å². The van der Waals surface area contributed by atoms with E-state index >= 15 is 0 Å². The first-order valence-corrected chi connectivity index (χ1v) is 5.98. The van der Waals surface area contributed by atoms with Gasteiger partial charge in [0.1, 0.15) is 5.76 Å². The van der Waals surface area contributed by atoms with E-state index in [0.717, 1.165) is 10.9 Å². The lowest BCUT2D eigenvalue weighted by molar-refractivity contribution is 0.0660. The summed E-state index contributed by atoms with van der Waals surface area (Å²) < 4.78 is 7.16. The predicted molar refractivity (Wildman–Crippen MR) is 71.4 cm³/mol. The molecule has 0 amide bonds. The number of hydrogen-bond acceptors (Lipinski definition) is 3. The molecule has 0 bridgehead atoms. The zero-order valence-electron chi connectivity index (χ0n) is 10.4. The van der Waals surface area contributed by atoms with Gasteiger partial charge in [0, 0.05) is 11.7 Å². The molecule has 0 unspecified atom stereocenters. The SMILES string of the molecule is N#Cc1ccc2ccn(Cc3ccc(C(=O)O)o3)c2c1. The second-order valence-electron chi connectivity index (χ2n) is 4.40. The standard InChI is InChI=1S/C15H10N2O3/c16-8-10-1-2-11-5-6-17(13(11)7-10)9-12-3-4-14(20-12)15(18)19/h1-7H,9H2,(H,18,19). The minimum Gasteiger partial charge on any atom is -0.475 e. The van der Waals surface area contributed by atoms with Gasteiger partial charge in [-0.2, -0.15) is 5.26 Å². The summed E-state index contributed by atoms with van der Waals surface area (Å²) in [6.07, 6.45) is 1.88. The molecule has 20 heavy (non-hydrogen) atoms. The molecule has 2 aromatic heterocycles. The fourth-order valence-electron chi connectivity index (χ4n) is 2.14. The van der Waals surface area contributed by atoms with Gasteiger partial charge >= 0.3 is 5.97 Å². The maximum Gasteiger partial charge on any atom is 0.371 e. The number of nitriles is 1. The number of carboxylic acid groups (broad SMARTS) is 1. The van der Waals surface area contributed by atoms with E-state index in [1.807, 2.05) is 22.9 Å². The van der Waals surface area contributed by atoms with Crippen LogP contribution in [-0.4, -0.2) is 15.6 Å². The normalized spacial score (nSPS) is 10.6. The van der Waals surface area contributed by atoms with Crippen LogP contribution in [0.2, 0.25) is 0 Å². The summed E-state index contributed by atoms with van der Waals surface area (Å²) in [5, 5.41) is 18.8. The Morgan fingerprint density at radius 3 is 2.85 bits per heavy atom. The first-order chi connectivity index (χ1) is 9.67. The Kier molecular flexibility index (Phi) is 2.77. The molecule has 0 radical (unpaired) electrons. The Hall–Kier alpha value is -3.00. The van der Waals surface area contributed by atoms with Crippen molar-refractivity contribution in [1.29, 1.82) is 5.26 Å². The minimum absolute atomic E-state index is 0.0748. The van der Waals surface area contributed by atoms with Crippen LogP contribution in [0.5, 0.6) is 0 Å². The monoisotopic (exact) mass is 266 g/mol. The largest absolute Gasteiger partial charge is 0.475 e. The zero-order chi connectivity index (χ0) is 14.1. The lowest BCUT2D eigenvalue weighted by Crippen LogP contribution is -1.97. The van der Waals surface area contributed by atoms with E-state index in [2.05, 4.69) is 6.07 Å². The third kappa shape index (κ3) is 2.04. The van der Waals surface area contributed by atoms with Crippen LogP contribution in [0.15, 0.2) is 47.0 Å². The molecule has 0 fully saturated rings. The Balaban J connectivity index is 1.97. The van der Waals surface area contributed by atoms with E-state index in [9.17, 15) is 4.79 Å². The van der Waals surface area contributed by atoms with E-state index in [4.69, 9.17) is 14.8 Å². The maximum atomic E-state index is 10.8. The first kappa shape index (κ1) is 12.1. The van der Waals surface area contributed by atoms with E-state index < -0.39 is 5.97 Å². The summed E-state index contributed by atoms with van der Waals surface area (Å²) in [5.74, 6) is -0.600. The Labute approximate surface area is 114 Å². The van der Waals surface area contributed by atoms with Gasteiger partial charge in [-0.15, -0.1) is 0 Å². The number of hydrogen-bond donors (Lipinski definition) is 1. The molecule has 0 atom stereocenters. The number of aromatic carboxylic acids is 1. The molecule has 0 saturated heterocycles. The Bertz CT molecular complexity index is 836. The van der Waals surface area contributed by atoms with E-state index in [-0.39, 0.29) is 5.76 Å². The van der Waals surface area contributed by atoms with Crippen LogP contribution in [0.25, 0.3) is 10.9 Å². The van der Waals surface area contributed by atoms with Crippen molar-refractivity contribution in [3.63, 3.8) is 0 Å². The molecule has 1 aromatic carbocycles. The van der Waals surface area contributed by atoms with Gasteiger partial charge in [0.05, 0.1) is 18.2 Å². The summed E-state index contributed by atoms with van der Waals surface area (Å²) in [4.78, 5) is 10.8. The van der Waals surface area contributed by atoms with Crippen molar-refractivity contribution in [2.75, 3.05) is 0 Å². The second kappa shape index (κ2) is 4.59. The van der Waals surface area contributed by atoms with E-state index in [1.165, 1.54) is 6.07 Å². The quantitative estimate of drug-likeness (QED) is 0.790. The highest BCUT2D eigenvalue weighted by atomic mass is 16.4. The fraction of sp³-hybridized carbons (Fsp3) is 0.0667. The van der Waals surface area contributed by atoms with Crippen molar-refractivity contribution in [3.8, 4) is 6.07 Å². The molecule has 0 saturated carbocycles. The van der Waals surface area contributed by atoms with Crippen LogP contribution in [0, 0.1) is 11.3 Å². The summed E-state index contributed by atoms with van der Waals surface area (Å²) >= 11 is 0. The molecule has 5 nitrogen and oxygen atoms in total. The Morgan fingerprint density at radius 2 is 2.15 bits per heavy atom. The van der Waals surface area contributed by atoms with E-state index in [1.54, 1.807) is 18.2 Å². The second-order valence-corrected chi connectivity index (χ2v) is 4.40. The number of aromatic nitrogens is 1. The number of rotatable bonds is 3. The smallest absolute Gasteiger partial charge is 0.371 e. The molecule has 98 valence electrons. The van der Waals surface area contributed by atoms with Crippen LogP contribution in [0.1, 0.15) is 21.9 Å². The average Bonchev–Trinajstić information content (AvgIpc) is 3.06. The van der Waals surface area contributed by atoms with Crippen LogP contribution in [0.4, 0.5) is 0 Å². The molecule has 0 spiro atoms. The molecule has 0 aliphatic carbocycles. The third-order valence-electron chi connectivity index (χ3n) is 3.10. The molecule has 0 aliphatic rings. The van der Waals surface area contributed by atoms with Crippen LogP contribution >= 0.6 is 0 Å². The average molecular weight is 266 g/mol. The molecular weight excluding hydrogens is 256 g/mol. The van der Waals surface area contributed by atoms with Crippen LogP contribution < -0.4 is 0 Å². The molecule has 3 aromatic rings.